The van der Waals surface area contributed by atoms with Crippen LogP contribution >= 0.6 is 0 Å². The molecule has 0 saturated carbocycles. The number of H-pyrrole nitrogens is 1. The standard InChI is InChI=1S/C16H22N2O2/c1-4-20-10-15(11(2)3)18-16(19)13-5-6-14-12(9-13)7-8-17-14/h5-9,11,15,17H,4,10H2,1-3H3,(H,18,19). The van der Waals surface area contributed by atoms with E-state index in [1.807, 2.05) is 37.4 Å². The van der Waals surface area contributed by atoms with Gasteiger partial charge in [0.25, 0.3) is 5.91 Å². The monoisotopic (exact) mass is 274 g/mol. The van der Waals surface area contributed by atoms with Gasteiger partial charge in [-0.1, -0.05) is 13.8 Å². The Labute approximate surface area is 119 Å². The van der Waals surface area contributed by atoms with Gasteiger partial charge in [0, 0.05) is 29.3 Å². The fourth-order valence-corrected chi connectivity index (χ4v) is 2.09. The number of rotatable bonds is 6. The molecule has 0 aliphatic rings. The third-order valence-corrected chi connectivity index (χ3v) is 3.44. The zero-order chi connectivity index (χ0) is 14.5. The van der Waals surface area contributed by atoms with E-state index < -0.39 is 0 Å². The Balaban J connectivity index is 2.08. The van der Waals surface area contributed by atoms with Crippen LogP contribution in [0.2, 0.25) is 0 Å². The van der Waals surface area contributed by atoms with Gasteiger partial charge < -0.3 is 15.0 Å². The molecule has 0 saturated heterocycles. The van der Waals surface area contributed by atoms with E-state index in [0.29, 0.717) is 24.7 Å². The van der Waals surface area contributed by atoms with Gasteiger partial charge in [0.15, 0.2) is 0 Å². The summed E-state index contributed by atoms with van der Waals surface area (Å²) in [5.41, 5.74) is 1.72. The van der Waals surface area contributed by atoms with Crippen LogP contribution in [-0.2, 0) is 4.74 Å². The van der Waals surface area contributed by atoms with E-state index in [9.17, 15) is 4.79 Å². The number of aromatic nitrogens is 1. The molecule has 0 aliphatic carbocycles. The Morgan fingerprint density at radius 1 is 1.35 bits per heavy atom. The van der Waals surface area contributed by atoms with Gasteiger partial charge in [-0.3, -0.25) is 4.79 Å². The molecule has 2 rings (SSSR count). The van der Waals surface area contributed by atoms with Crippen LogP contribution in [0.5, 0.6) is 0 Å². The number of hydrogen-bond donors (Lipinski definition) is 2. The average Bonchev–Trinajstić information content (AvgIpc) is 2.90. The first-order valence-electron chi connectivity index (χ1n) is 7.07. The first-order chi connectivity index (χ1) is 9.61. The van der Waals surface area contributed by atoms with Crippen molar-refractivity contribution in [3.8, 4) is 0 Å². The first kappa shape index (κ1) is 14.6. The molecule has 1 atom stereocenters. The quantitative estimate of drug-likeness (QED) is 0.851. The van der Waals surface area contributed by atoms with Crippen molar-refractivity contribution in [1.29, 1.82) is 0 Å². The van der Waals surface area contributed by atoms with E-state index in [1.54, 1.807) is 0 Å². The summed E-state index contributed by atoms with van der Waals surface area (Å²) < 4.78 is 5.43. The minimum atomic E-state index is -0.0495. The Hall–Kier alpha value is -1.81. The summed E-state index contributed by atoms with van der Waals surface area (Å²) >= 11 is 0. The molecular weight excluding hydrogens is 252 g/mol. The molecule has 1 aromatic carbocycles. The molecule has 0 bridgehead atoms. The molecule has 108 valence electrons. The molecule has 2 N–H and O–H groups in total. The number of nitrogens with one attached hydrogen (secondary N) is 2. The van der Waals surface area contributed by atoms with E-state index in [0.717, 1.165) is 10.9 Å². The van der Waals surface area contributed by atoms with Gasteiger partial charge >= 0.3 is 0 Å². The Morgan fingerprint density at radius 3 is 2.85 bits per heavy atom. The van der Waals surface area contributed by atoms with Gasteiger partial charge in [0.2, 0.25) is 0 Å². The summed E-state index contributed by atoms with van der Waals surface area (Å²) in [5, 5.41) is 4.10. The van der Waals surface area contributed by atoms with Crippen LogP contribution in [0.15, 0.2) is 30.5 Å². The van der Waals surface area contributed by atoms with Gasteiger partial charge in [-0.05, 0) is 37.1 Å². The maximum Gasteiger partial charge on any atom is 0.251 e. The first-order valence-corrected chi connectivity index (χ1v) is 7.07. The normalized spacial score (nSPS) is 12.8. The second-order valence-corrected chi connectivity index (χ2v) is 5.26. The number of fused-ring (bicyclic) bond motifs is 1. The second kappa shape index (κ2) is 6.57. The van der Waals surface area contributed by atoms with E-state index >= 15 is 0 Å². The highest BCUT2D eigenvalue weighted by Gasteiger charge is 2.17. The van der Waals surface area contributed by atoms with Gasteiger partial charge in [0.05, 0.1) is 12.6 Å². The molecule has 1 amide bonds. The highest BCUT2D eigenvalue weighted by molar-refractivity contribution is 5.98. The predicted molar refractivity (Wildman–Crippen MR) is 80.9 cm³/mol. The molecule has 2 aromatic rings. The number of benzene rings is 1. The highest BCUT2D eigenvalue weighted by Crippen LogP contribution is 2.14. The molecular formula is C16H22N2O2. The summed E-state index contributed by atoms with van der Waals surface area (Å²) in [7, 11) is 0. The smallest absolute Gasteiger partial charge is 0.251 e. The molecule has 0 fully saturated rings. The van der Waals surface area contributed by atoms with Crippen LogP contribution < -0.4 is 5.32 Å². The van der Waals surface area contributed by atoms with E-state index in [2.05, 4.69) is 24.1 Å². The SMILES string of the molecule is CCOCC(NC(=O)c1ccc2[nH]ccc2c1)C(C)C. The van der Waals surface area contributed by atoms with Crippen LogP contribution in [0.1, 0.15) is 31.1 Å². The van der Waals surface area contributed by atoms with Crippen molar-refractivity contribution in [1.82, 2.24) is 10.3 Å². The Bertz CT molecular complexity index is 575. The number of carbonyl (C=O) groups is 1. The van der Waals surface area contributed by atoms with Crippen LogP contribution in [0.25, 0.3) is 10.9 Å². The van der Waals surface area contributed by atoms with Crippen molar-refractivity contribution < 1.29 is 9.53 Å². The minimum Gasteiger partial charge on any atom is -0.380 e. The third-order valence-electron chi connectivity index (χ3n) is 3.44. The van der Waals surface area contributed by atoms with Crippen molar-refractivity contribution in [2.45, 2.75) is 26.8 Å². The third kappa shape index (κ3) is 3.39. The second-order valence-electron chi connectivity index (χ2n) is 5.26. The van der Waals surface area contributed by atoms with E-state index in [1.165, 1.54) is 0 Å². The number of aromatic amines is 1. The molecule has 0 spiro atoms. The minimum absolute atomic E-state index is 0.0318. The molecule has 0 aliphatic heterocycles. The molecule has 0 radical (unpaired) electrons. The van der Waals surface area contributed by atoms with Gasteiger partial charge in [0.1, 0.15) is 0 Å². The lowest BCUT2D eigenvalue weighted by molar-refractivity contribution is 0.0806. The number of amides is 1. The fraction of sp³-hybridized carbons (Fsp3) is 0.438. The molecule has 1 heterocycles. The van der Waals surface area contributed by atoms with Crippen molar-refractivity contribution in [2.24, 2.45) is 5.92 Å². The summed E-state index contributed by atoms with van der Waals surface area (Å²) in [6.07, 6.45) is 1.87. The van der Waals surface area contributed by atoms with Crippen molar-refractivity contribution >= 4 is 16.8 Å². The maximum absolute atomic E-state index is 12.3. The topological polar surface area (TPSA) is 54.1 Å². The lowest BCUT2D eigenvalue weighted by atomic mass is 10.0. The fourth-order valence-electron chi connectivity index (χ4n) is 2.09. The zero-order valence-electron chi connectivity index (χ0n) is 12.3. The van der Waals surface area contributed by atoms with Gasteiger partial charge in [-0.2, -0.15) is 0 Å². The molecule has 1 unspecified atom stereocenters. The van der Waals surface area contributed by atoms with Crippen molar-refractivity contribution in [3.63, 3.8) is 0 Å². The zero-order valence-corrected chi connectivity index (χ0v) is 12.3. The number of carbonyl (C=O) groups excluding carboxylic acids is 1. The Morgan fingerprint density at radius 2 is 2.15 bits per heavy atom. The lowest BCUT2D eigenvalue weighted by Gasteiger charge is -2.22. The maximum atomic E-state index is 12.3. The van der Waals surface area contributed by atoms with Gasteiger partial charge in [-0.25, -0.2) is 0 Å². The number of ether oxygens (including phenoxy) is 1. The van der Waals surface area contributed by atoms with Crippen molar-refractivity contribution in [3.05, 3.63) is 36.0 Å². The van der Waals surface area contributed by atoms with E-state index in [4.69, 9.17) is 4.74 Å². The lowest BCUT2D eigenvalue weighted by Crippen LogP contribution is -2.41. The highest BCUT2D eigenvalue weighted by atomic mass is 16.5. The van der Waals surface area contributed by atoms with Crippen LogP contribution in [0.4, 0.5) is 0 Å². The summed E-state index contributed by atoms with van der Waals surface area (Å²) in [6.45, 7) is 7.33. The molecule has 4 heteroatoms. The summed E-state index contributed by atoms with van der Waals surface area (Å²) in [5.74, 6) is 0.285. The summed E-state index contributed by atoms with van der Waals surface area (Å²) in [6, 6.07) is 7.67. The predicted octanol–water partition coefficient (Wildman–Crippen LogP) is 2.96. The van der Waals surface area contributed by atoms with Gasteiger partial charge in [-0.15, -0.1) is 0 Å². The molecule has 1 aromatic heterocycles. The summed E-state index contributed by atoms with van der Waals surface area (Å²) in [4.78, 5) is 15.4. The van der Waals surface area contributed by atoms with Crippen molar-refractivity contribution in [2.75, 3.05) is 13.2 Å². The number of hydrogen-bond acceptors (Lipinski definition) is 2. The molecule has 20 heavy (non-hydrogen) atoms. The Kier molecular flexibility index (Phi) is 4.79. The van der Waals surface area contributed by atoms with Crippen LogP contribution in [0.3, 0.4) is 0 Å². The van der Waals surface area contributed by atoms with Crippen LogP contribution in [0, 0.1) is 5.92 Å². The van der Waals surface area contributed by atoms with E-state index in [-0.39, 0.29) is 11.9 Å². The average molecular weight is 274 g/mol. The van der Waals surface area contributed by atoms with Crippen LogP contribution in [-0.4, -0.2) is 30.1 Å². The largest absolute Gasteiger partial charge is 0.380 e. The molecule has 4 nitrogen and oxygen atoms in total.